The molecule has 0 bridgehead atoms. The lowest BCUT2D eigenvalue weighted by Crippen LogP contribution is -2.41. The maximum Gasteiger partial charge on any atom is 0.163 e. The number of allylic oxidation sites excluding steroid dienone is 5. The highest BCUT2D eigenvalue weighted by atomic mass is 35.5. The Bertz CT molecular complexity index is 908. The van der Waals surface area contributed by atoms with E-state index in [4.69, 9.17) is 18.0 Å². The number of rotatable bonds is 3. The van der Waals surface area contributed by atoms with E-state index in [1.807, 2.05) is 19.1 Å². The Labute approximate surface area is 176 Å². The predicted octanol–water partition coefficient (Wildman–Crippen LogP) is 4.73. The Morgan fingerprint density at radius 2 is 2.24 bits per heavy atom. The molecular formula is C23H25ClFN3O. The molecule has 0 aromatic carbocycles. The van der Waals surface area contributed by atoms with Crippen molar-refractivity contribution >= 4 is 23.2 Å². The van der Waals surface area contributed by atoms with Gasteiger partial charge < -0.3 is 5.32 Å². The number of carbonyl (C=O) groups is 1. The van der Waals surface area contributed by atoms with Gasteiger partial charge in [0.2, 0.25) is 0 Å². The van der Waals surface area contributed by atoms with Gasteiger partial charge in [-0.15, -0.1) is 18.0 Å². The van der Waals surface area contributed by atoms with E-state index in [2.05, 4.69) is 35.1 Å². The number of aromatic nitrogens is 1. The monoisotopic (exact) mass is 413 g/mol. The lowest BCUT2D eigenvalue weighted by atomic mass is 9.74. The van der Waals surface area contributed by atoms with Crippen LogP contribution in [0.1, 0.15) is 39.2 Å². The number of nitrogens with zero attached hydrogens (tertiary/aromatic N) is 2. The van der Waals surface area contributed by atoms with Gasteiger partial charge in [-0.05, 0) is 49.1 Å². The number of hydrogen-bond acceptors (Lipinski definition) is 4. The summed E-state index contributed by atoms with van der Waals surface area (Å²) in [4.78, 5) is 21.1. The Kier molecular flexibility index (Phi) is 7.92. The SMILES string of the molecule is C#C/C=C\C(F)=C/CCl.CC1N=C(c2cccnc2)NC2=C1C(=O)CC(C)(C)C2. The van der Waals surface area contributed by atoms with Gasteiger partial charge in [-0.1, -0.05) is 19.8 Å². The van der Waals surface area contributed by atoms with Crippen molar-refractivity contribution in [2.75, 3.05) is 5.88 Å². The van der Waals surface area contributed by atoms with Gasteiger partial charge in [0.05, 0.1) is 6.04 Å². The second kappa shape index (κ2) is 10.2. The lowest BCUT2D eigenvalue weighted by Gasteiger charge is -2.36. The van der Waals surface area contributed by atoms with Crippen molar-refractivity contribution in [1.29, 1.82) is 0 Å². The molecule has 1 unspecified atom stereocenters. The first-order valence-corrected chi connectivity index (χ1v) is 9.86. The summed E-state index contributed by atoms with van der Waals surface area (Å²) < 4.78 is 12.2. The number of carbonyl (C=O) groups excluding carboxylic acids is 1. The van der Waals surface area contributed by atoms with Crippen molar-refractivity contribution in [1.82, 2.24) is 10.3 Å². The summed E-state index contributed by atoms with van der Waals surface area (Å²) in [5.41, 5.74) is 2.87. The van der Waals surface area contributed by atoms with Crippen LogP contribution in [0.25, 0.3) is 0 Å². The summed E-state index contributed by atoms with van der Waals surface area (Å²) >= 11 is 5.17. The highest BCUT2D eigenvalue weighted by Gasteiger charge is 2.37. The van der Waals surface area contributed by atoms with E-state index in [1.165, 1.54) is 18.2 Å². The first-order chi connectivity index (χ1) is 13.8. The number of terminal acetylenes is 1. The summed E-state index contributed by atoms with van der Waals surface area (Å²) in [6, 6.07) is 3.79. The number of halogens is 2. The number of aliphatic imine (C=N–C) groups is 1. The van der Waals surface area contributed by atoms with Crippen LogP contribution in [-0.4, -0.2) is 28.5 Å². The van der Waals surface area contributed by atoms with Gasteiger partial charge in [-0.25, -0.2) is 4.39 Å². The molecule has 1 aromatic heterocycles. The average Bonchev–Trinajstić information content (AvgIpc) is 2.66. The second-order valence-electron chi connectivity index (χ2n) is 7.60. The lowest BCUT2D eigenvalue weighted by molar-refractivity contribution is -0.118. The van der Waals surface area contributed by atoms with Crippen LogP contribution in [0.15, 0.2) is 64.8 Å². The number of amidine groups is 1. The molecule has 0 saturated carbocycles. The van der Waals surface area contributed by atoms with Crippen molar-refractivity contribution in [3.63, 3.8) is 0 Å². The van der Waals surface area contributed by atoms with Gasteiger partial charge in [0.1, 0.15) is 11.7 Å². The number of ketones is 1. The summed E-state index contributed by atoms with van der Waals surface area (Å²) in [6.07, 6.45) is 13.5. The molecule has 152 valence electrons. The fraction of sp³-hybridized carbons (Fsp3) is 0.348. The first kappa shape index (κ1) is 22.6. The molecular weight excluding hydrogens is 389 g/mol. The van der Waals surface area contributed by atoms with Crippen LogP contribution in [0.5, 0.6) is 0 Å². The Balaban J connectivity index is 0.000000284. The number of alkyl halides is 1. The molecule has 0 radical (unpaired) electrons. The highest BCUT2D eigenvalue weighted by Crippen LogP contribution is 2.38. The number of hydrogen-bond donors (Lipinski definition) is 1. The standard InChI is InChI=1S/C16H19N3O.C7H6ClF/c1-10-14-12(7-16(2,3)8-13(14)20)19-15(18-10)11-5-4-6-17-9-11;1-2-3-4-7(9)5-6-8/h4-6,9-10H,7-8H2,1-3H3,(H,18,19);1,3-5H,6H2/b;4-3-,7-5+. The van der Waals surface area contributed by atoms with Crippen LogP contribution in [0.2, 0.25) is 0 Å². The van der Waals surface area contributed by atoms with Gasteiger partial charge in [0.25, 0.3) is 0 Å². The minimum Gasteiger partial charge on any atom is -0.343 e. The Hall–Kier alpha value is -2.71. The van der Waals surface area contributed by atoms with Crippen LogP contribution in [-0.2, 0) is 4.79 Å². The average molecular weight is 414 g/mol. The minimum absolute atomic E-state index is 0.0139. The molecule has 0 fully saturated rings. The topological polar surface area (TPSA) is 54.4 Å². The molecule has 4 nitrogen and oxygen atoms in total. The Morgan fingerprint density at radius 3 is 2.86 bits per heavy atom. The van der Waals surface area contributed by atoms with Crippen molar-refractivity contribution in [3.8, 4) is 12.3 Å². The number of Topliss-reactive ketones (excluding diaryl/α,β-unsaturated/α-hetero) is 1. The van der Waals surface area contributed by atoms with E-state index >= 15 is 0 Å². The van der Waals surface area contributed by atoms with Crippen molar-refractivity contribution in [2.24, 2.45) is 10.4 Å². The van der Waals surface area contributed by atoms with E-state index < -0.39 is 5.83 Å². The zero-order chi connectivity index (χ0) is 21.4. The second-order valence-corrected chi connectivity index (χ2v) is 7.91. The van der Waals surface area contributed by atoms with E-state index in [-0.39, 0.29) is 23.1 Å². The van der Waals surface area contributed by atoms with Gasteiger partial charge in [-0.3, -0.25) is 14.8 Å². The molecule has 1 atom stereocenters. The molecule has 1 aliphatic carbocycles. The van der Waals surface area contributed by atoms with E-state index in [9.17, 15) is 9.18 Å². The molecule has 3 rings (SSSR count). The largest absolute Gasteiger partial charge is 0.343 e. The fourth-order valence-corrected chi connectivity index (χ4v) is 3.43. The molecule has 1 aromatic rings. The van der Waals surface area contributed by atoms with E-state index in [0.717, 1.165) is 29.1 Å². The third-order valence-electron chi connectivity index (χ3n) is 4.48. The van der Waals surface area contributed by atoms with Gasteiger partial charge in [-0.2, -0.15) is 0 Å². The van der Waals surface area contributed by atoms with Crippen molar-refractivity contribution < 1.29 is 9.18 Å². The van der Waals surface area contributed by atoms with Crippen LogP contribution in [0.4, 0.5) is 4.39 Å². The maximum absolute atomic E-state index is 12.3. The van der Waals surface area contributed by atoms with E-state index in [0.29, 0.717) is 6.42 Å². The quantitative estimate of drug-likeness (QED) is 0.442. The van der Waals surface area contributed by atoms with Crippen LogP contribution in [0.3, 0.4) is 0 Å². The third-order valence-corrected chi connectivity index (χ3v) is 4.63. The molecule has 0 saturated heterocycles. The Morgan fingerprint density at radius 1 is 1.48 bits per heavy atom. The predicted molar refractivity (Wildman–Crippen MR) is 116 cm³/mol. The smallest absolute Gasteiger partial charge is 0.163 e. The summed E-state index contributed by atoms with van der Waals surface area (Å²) in [5, 5.41) is 3.36. The van der Waals surface area contributed by atoms with Crippen LogP contribution >= 0.6 is 11.6 Å². The first-order valence-electron chi connectivity index (χ1n) is 9.33. The molecule has 6 heteroatoms. The fourth-order valence-electron chi connectivity index (χ4n) is 3.28. The molecule has 0 amide bonds. The zero-order valence-electron chi connectivity index (χ0n) is 16.9. The van der Waals surface area contributed by atoms with E-state index in [1.54, 1.807) is 12.4 Å². The maximum atomic E-state index is 12.3. The van der Waals surface area contributed by atoms with Gasteiger partial charge in [0.15, 0.2) is 5.78 Å². The van der Waals surface area contributed by atoms with Gasteiger partial charge >= 0.3 is 0 Å². The summed E-state index contributed by atoms with van der Waals surface area (Å²) in [5.74, 6) is 2.96. The zero-order valence-corrected chi connectivity index (χ0v) is 17.6. The van der Waals surface area contributed by atoms with Crippen LogP contribution in [0, 0.1) is 17.8 Å². The number of nitrogens with one attached hydrogen (secondary N) is 1. The summed E-state index contributed by atoms with van der Waals surface area (Å²) in [6.45, 7) is 6.26. The van der Waals surface area contributed by atoms with Gasteiger partial charge in [0, 0.05) is 41.5 Å². The normalized spacial score (nSPS) is 20.8. The highest BCUT2D eigenvalue weighted by molar-refractivity contribution is 6.18. The molecule has 1 N–H and O–H groups in total. The minimum atomic E-state index is -0.400. The van der Waals surface area contributed by atoms with Crippen LogP contribution < -0.4 is 5.32 Å². The molecule has 1 aliphatic heterocycles. The summed E-state index contributed by atoms with van der Waals surface area (Å²) in [7, 11) is 0. The van der Waals surface area contributed by atoms with Crippen molar-refractivity contribution in [2.45, 2.75) is 39.7 Å². The third kappa shape index (κ3) is 6.40. The molecule has 2 heterocycles. The molecule has 29 heavy (non-hydrogen) atoms. The molecule has 2 aliphatic rings. The van der Waals surface area contributed by atoms with Crippen molar-refractivity contribution in [3.05, 3.63) is 65.4 Å². The molecule has 0 spiro atoms. The number of pyridine rings is 1.